The maximum absolute atomic E-state index is 13.7. The van der Waals surface area contributed by atoms with Crippen molar-refractivity contribution in [3.8, 4) is 0 Å². The van der Waals surface area contributed by atoms with Crippen molar-refractivity contribution >= 4 is 5.91 Å². The zero-order valence-corrected chi connectivity index (χ0v) is 11.5. The first kappa shape index (κ1) is 13.5. The first-order chi connectivity index (χ1) is 10.2. The van der Waals surface area contributed by atoms with Crippen molar-refractivity contribution < 1.29 is 9.18 Å². The van der Waals surface area contributed by atoms with Gasteiger partial charge in [0.2, 0.25) is 5.91 Å². The molecule has 6 heteroatoms. The molecule has 1 aliphatic heterocycles. The lowest BCUT2D eigenvalue weighted by atomic mass is 10.1. The van der Waals surface area contributed by atoms with Crippen LogP contribution in [0.4, 0.5) is 4.39 Å². The SMILES string of the molecule is C=CC(=O)N1CCn2c(Cc3ccccc3F)nnc2C1. The molecule has 1 aromatic carbocycles. The Morgan fingerprint density at radius 3 is 2.90 bits per heavy atom. The zero-order chi connectivity index (χ0) is 14.8. The van der Waals surface area contributed by atoms with E-state index >= 15 is 0 Å². The lowest BCUT2D eigenvalue weighted by molar-refractivity contribution is -0.127. The minimum Gasteiger partial charge on any atom is -0.330 e. The largest absolute Gasteiger partial charge is 0.330 e. The Labute approximate surface area is 121 Å². The van der Waals surface area contributed by atoms with Gasteiger partial charge in [-0.25, -0.2) is 4.39 Å². The summed E-state index contributed by atoms with van der Waals surface area (Å²) in [5, 5.41) is 8.25. The number of rotatable bonds is 3. The second-order valence-electron chi connectivity index (χ2n) is 4.92. The molecule has 0 saturated carbocycles. The molecule has 0 spiro atoms. The van der Waals surface area contributed by atoms with Gasteiger partial charge >= 0.3 is 0 Å². The molecule has 5 nitrogen and oxygen atoms in total. The third kappa shape index (κ3) is 2.56. The highest BCUT2D eigenvalue weighted by atomic mass is 19.1. The number of carbonyl (C=O) groups is 1. The molecule has 0 unspecified atom stereocenters. The van der Waals surface area contributed by atoms with Crippen LogP contribution in [0.25, 0.3) is 0 Å². The second-order valence-corrected chi connectivity index (χ2v) is 4.92. The van der Waals surface area contributed by atoms with Crippen molar-refractivity contribution in [3.63, 3.8) is 0 Å². The predicted octanol–water partition coefficient (Wildman–Crippen LogP) is 1.54. The van der Waals surface area contributed by atoms with E-state index < -0.39 is 0 Å². The number of halogens is 1. The number of hydrogen-bond donors (Lipinski definition) is 0. The maximum Gasteiger partial charge on any atom is 0.246 e. The van der Waals surface area contributed by atoms with Gasteiger partial charge in [0.25, 0.3) is 0 Å². The van der Waals surface area contributed by atoms with Gasteiger partial charge in [0.15, 0.2) is 5.82 Å². The van der Waals surface area contributed by atoms with E-state index in [1.54, 1.807) is 23.1 Å². The van der Waals surface area contributed by atoms with Gasteiger partial charge in [0.05, 0.1) is 6.54 Å². The molecular weight excluding hydrogens is 271 g/mol. The third-order valence-corrected chi connectivity index (χ3v) is 3.62. The molecule has 0 aliphatic carbocycles. The zero-order valence-electron chi connectivity index (χ0n) is 11.5. The van der Waals surface area contributed by atoms with E-state index in [0.29, 0.717) is 31.6 Å². The first-order valence-corrected chi connectivity index (χ1v) is 6.74. The fourth-order valence-corrected chi connectivity index (χ4v) is 2.48. The van der Waals surface area contributed by atoms with Gasteiger partial charge in [0.1, 0.15) is 11.6 Å². The number of hydrogen-bond acceptors (Lipinski definition) is 3. The van der Waals surface area contributed by atoms with Gasteiger partial charge < -0.3 is 9.47 Å². The summed E-state index contributed by atoms with van der Waals surface area (Å²) in [6.07, 6.45) is 1.70. The summed E-state index contributed by atoms with van der Waals surface area (Å²) in [7, 11) is 0. The molecule has 1 amide bonds. The van der Waals surface area contributed by atoms with Crippen LogP contribution >= 0.6 is 0 Å². The summed E-state index contributed by atoms with van der Waals surface area (Å²) < 4.78 is 15.7. The Morgan fingerprint density at radius 1 is 1.33 bits per heavy atom. The number of nitrogens with zero attached hydrogens (tertiary/aromatic N) is 4. The van der Waals surface area contributed by atoms with Crippen LogP contribution in [-0.4, -0.2) is 32.1 Å². The number of carbonyl (C=O) groups excluding carboxylic acids is 1. The molecule has 2 aromatic rings. The van der Waals surface area contributed by atoms with Crippen LogP contribution in [-0.2, 0) is 24.3 Å². The van der Waals surface area contributed by atoms with Crippen LogP contribution in [0, 0.1) is 5.82 Å². The summed E-state index contributed by atoms with van der Waals surface area (Å²) in [6.45, 7) is 5.10. The van der Waals surface area contributed by atoms with Gasteiger partial charge in [-0.05, 0) is 17.7 Å². The summed E-state index contributed by atoms with van der Waals surface area (Å²) in [6, 6.07) is 6.65. The van der Waals surface area contributed by atoms with Crippen molar-refractivity contribution in [2.45, 2.75) is 19.5 Å². The monoisotopic (exact) mass is 286 g/mol. The summed E-state index contributed by atoms with van der Waals surface area (Å²) in [4.78, 5) is 13.3. The molecule has 0 radical (unpaired) electrons. The number of fused-ring (bicyclic) bond motifs is 1. The molecule has 0 fully saturated rings. The standard InChI is InChI=1S/C15H15FN4O/c1-2-15(21)19-7-8-20-13(17-18-14(20)10-19)9-11-5-3-4-6-12(11)16/h2-6H,1,7-10H2. The molecular formula is C15H15FN4O. The first-order valence-electron chi connectivity index (χ1n) is 6.74. The quantitative estimate of drug-likeness (QED) is 0.804. The minimum absolute atomic E-state index is 0.111. The number of aromatic nitrogens is 3. The third-order valence-electron chi connectivity index (χ3n) is 3.62. The Balaban J connectivity index is 1.82. The molecule has 3 rings (SSSR count). The Bertz CT molecular complexity index is 695. The van der Waals surface area contributed by atoms with E-state index in [9.17, 15) is 9.18 Å². The lowest BCUT2D eigenvalue weighted by Crippen LogP contribution is -2.37. The van der Waals surface area contributed by atoms with Gasteiger partial charge in [-0.15, -0.1) is 10.2 Å². The van der Waals surface area contributed by atoms with Crippen molar-refractivity contribution in [2.75, 3.05) is 6.54 Å². The van der Waals surface area contributed by atoms with E-state index in [4.69, 9.17) is 0 Å². The second kappa shape index (κ2) is 5.47. The highest BCUT2D eigenvalue weighted by molar-refractivity contribution is 5.86. The molecule has 0 saturated heterocycles. The van der Waals surface area contributed by atoms with E-state index in [1.165, 1.54) is 12.1 Å². The topological polar surface area (TPSA) is 51.0 Å². The van der Waals surface area contributed by atoms with Crippen molar-refractivity contribution in [2.24, 2.45) is 0 Å². The average Bonchev–Trinajstić information content (AvgIpc) is 2.91. The van der Waals surface area contributed by atoms with Crippen LogP contribution in [0.15, 0.2) is 36.9 Å². The molecule has 108 valence electrons. The molecule has 1 aromatic heterocycles. The highest BCUT2D eigenvalue weighted by Gasteiger charge is 2.23. The summed E-state index contributed by atoms with van der Waals surface area (Å²) in [5.41, 5.74) is 0.595. The average molecular weight is 286 g/mol. The summed E-state index contributed by atoms with van der Waals surface area (Å²) in [5.74, 6) is 1.10. The number of benzene rings is 1. The molecule has 1 aliphatic rings. The van der Waals surface area contributed by atoms with Crippen LogP contribution in [0.2, 0.25) is 0 Å². The van der Waals surface area contributed by atoms with Crippen molar-refractivity contribution in [1.82, 2.24) is 19.7 Å². The predicted molar refractivity (Wildman–Crippen MR) is 74.8 cm³/mol. The van der Waals surface area contributed by atoms with Gasteiger partial charge in [-0.3, -0.25) is 4.79 Å². The van der Waals surface area contributed by atoms with Gasteiger partial charge in [-0.2, -0.15) is 0 Å². The van der Waals surface area contributed by atoms with Crippen molar-refractivity contribution in [3.05, 3.63) is 59.9 Å². The van der Waals surface area contributed by atoms with Crippen LogP contribution in [0.1, 0.15) is 17.2 Å². The Morgan fingerprint density at radius 2 is 2.14 bits per heavy atom. The normalized spacial score (nSPS) is 13.9. The smallest absolute Gasteiger partial charge is 0.246 e. The van der Waals surface area contributed by atoms with E-state index in [2.05, 4.69) is 16.8 Å². The van der Waals surface area contributed by atoms with Gasteiger partial charge in [-0.1, -0.05) is 24.8 Å². The number of amides is 1. The Hall–Kier alpha value is -2.50. The molecule has 0 bridgehead atoms. The minimum atomic E-state index is -0.242. The fourth-order valence-electron chi connectivity index (χ4n) is 2.48. The van der Waals surface area contributed by atoms with Crippen molar-refractivity contribution in [1.29, 1.82) is 0 Å². The molecule has 0 atom stereocenters. The van der Waals surface area contributed by atoms with Crippen LogP contribution < -0.4 is 0 Å². The lowest BCUT2D eigenvalue weighted by Gasteiger charge is -2.26. The molecule has 21 heavy (non-hydrogen) atoms. The van der Waals surface area contributed by atoms with E-state index in [1.807, 2.05) is 4.57 Å². The fraction of sp³-hybridized carbons (Fsp3) is 0.267. The summed E-state index contributed by atoms with van der Waals surface area (Å²) >= 11 is 0. The van der Waals surface area contributed by atoms with Crippen LogP contribution in [0.5, 0.6) is 0 Å². The molecule has 2 heterocycles. The van der Waals surface area contributed by atoms with E-state index in [-0.39, 0.29) is 11.7 Å². The van der Waals surface area contributed by atoms with E-state index in [0.717, 1.165) is 11.6 Å². The molecule has 0 N–H and O–H groups in total. The Kier molecular flexibility index (Phi) is 3.51. The highest BCUT2D eigenvalue weighted by Crippen LogP contribution is 2.17. The van der Waals surface area contributed by atoms with Crippen LogP contribution in [0.3, 0.4) is 0 Å². The maximum atomic E-state index is 13.7. The van der Waals surface area contributed by atoms with Gasteiger partial charge in [0, 0.05) is 19.5 Å².